The third kappa shape index (κ3) is 4.32. The highest BCUT2D eigenvalue weighted by atomic mass is 32.2. The lowest BCUT2D eigenvalue weighted by atomic mass is 10.2. The van der Waals surface area contributed by atoms with Crippen LogP contribution in [0, 0.1) is 12.7 Å². The van der Waals surface area contributed by atoms with Crippen molar-refractivity contribution in [1.29, 1.82) is 0 Å². The molecule has 0 saturated carbocycles. The van der Waals surface area contributed by atoms with Gasteiger partial charge in [-0.3, -0.25) is 0 Å². The fourth-order valence-corrected chi connectivity index (χ4v) is 5.14. The molecule has 0 amide bonds. The molecule has 29 heavy (non-hydrogen) atoms. The minimum absolute atomic E-state index is 0.256. The minimum atomic E-state index is -3.52. The van der Waals surface area contributed by atoms with E-state index in [1.54, 1.807) is 43.3 Å². The van der Waals surface area contributed by atoms with Gasteiger partial charge in [0.1, 0.15) is 5.82 Å². The van der Waals surface area contributed by atoms with Gasteiger partial charge in [0.05, 0.1) is 23.8 Å². The van der Waals surface area contributed by atoms with E-state index in [2.05, 4.69) is 10.3 Å². The number of sulfonamides is 1. The van der Waals surface area contributed by atoms with E-state index in [9.17, 15) is 12.8 Å². The second-order valence-electron chi connectivity index (χ2n) is 6.67. The zero-order valence-corrected chi connectivity index (χ0v) is 17.4. The highest BCUT2D eigenvalue weighted by Crippen LogP contribution is 2.29. The van der Waals surface area contributed by atoms with Crippen molar-refractivity contribution >= 4 is 32.2 Å². The molecule has 0 unspecified atom stereocenters. The molecule has 0 radical (unpaired) electrons. The van der Waals surface area contributed by atoms with Crippen molar-refractivity contribution < 1.29 is 17.5 Å². The van der Waals surface area contributed by atoms with E-state index in [0.29, 0.717) is 42.7 Å². The van der Waals surface area contributed by atoms with Gasteiger partial charge in [-0.1, -0.05) is 18.2 Å². The van der Waals surface area contributed by atoms with Crippen molar-refractivity contribution in [3.63, 3.8) is 0 Å². The summed E-state index contributed by atoms with van der Waals surface area (Å²) in [6, 6.07) is 11.6. The first-order valence-electron chi connectivity index (χ1n) is 9.10. The first-order valence-corrected chi connectivity index (χ1v) is 11.4. The average molecular weight is 434 g/mol. The lowest BCUT2D eigenvalue weighted by Crippen LogP contribution is -2.40. The molecule has 1 saturated heterocycles. The zero-order chi connectivity index (χ0) is 20.4. The predicted octanol–water partition coefficient (Wildman–Crippen LogP) is 4.02. The van der Waals surface area contributed by atoms with E-state index in [4.69, 9.17) is 4.74 Å². The van der Waals surface area contributed by atoms with Crippen LogP contribution in [0.5, 0.6) is 0 Å². The number of morpholine rings is 1. The Hall–Kier alpha value is -2.33. The number of halogens is 1. The number of nitrogens with zero attached hydrogens (tertiary/aromatic N) is 2. The summed E-state index contributed by atoms with van der Waals surface area (Å²) < 4.78 is 45.8. The highest BCUT2D eigenvalue weighted by molar-refractivity contribution is 7.89. The molecule has 3 aromatic rings. The fraction of sp³-hybridized carbons (Fsp3) is 0.250. The number of thiazole rings is 1. The maximum Gasteiger partial charge on any atom is 0.243 e. The predicted molar refractivity (Wildman–Crippen MR) is 112 cm³/mol. The Morgan fingerprint density at radius 1 is 1.14 bits per heavy atom. The van der Waals surface area contributed by atoms with Crippen LogP contribution in [0.3, 0.4) is 0 Å². The van der Waals surface area contributed by atoms with Gasteiger partial charge in [-0.2, -0.15) is 4.31 Å². The summed E-state index contributed by atoms with van der Waals surface area (Å²) >= 11 is 1.40. The third-order valence-electron chi connectivity index (χ3n) is 4.69. The second kappa shape index (κ2) is 8.19. The summed E-state index contributed by atoms with van der Waals surface area (Å²) in [7, 11) is -3.52. The standard InChI is InChI=1S/C20H20FN3O3S2/c1-14-2-5-16(12-18(14)21)22-20-23-19(13-28-20)15-3-6-17(7-4-15)29(25,26)24-8-10-27-11-9-24/h2-7,12-13H,8-11H2,1H3,(H,22,23). The third-order valence-corrected chi connectivity index (χ3v) is 7.36. The Morgan fingerprint density at radius 2 is 1.86 bits per heavy atom. The Morgan fingerprint density at radius 3 is 2.55 bits per heavy atom. The van der Waals surface area contributed by atoms with Crippen LogP contribution in [0.2, 0.25) is 0 Å². The van der Waals surface area contributed by atoms with Crippen LogP contribution >= 0.6 is 11.3 Å². The number of anilines is 2. The molecule has 1 aliphatic rings. The Labute approximate surface area is 173 Å². The molecule has 1 aromatic heterocycles. The number of aryl methyl sites for hydroxylation is 1. The molecule has 1 N–H and O–H groups in total. The van der Waals surface area contributed by atoms with Crippen molar-refractivity contribution in [3.8, 4) is 11.3 Å². The number of ether oxygens (including phenoxy) is 1. The van der Waals surface area contributed by atoms with Crippen molar-refractivity contribution in [2.75, 3.05) is 31.6 Å². The topological polar surface area (TPSA) is 71.5 Å². The van der Waals surface area contributed by atoms with Gasteiger partial charge in [-0.05, 0) is 36.8 Å². The van der Waals surface area contributed by atoms with E-state index >= 15 is 0 Å². The van der Waals surface area contributed by atoms with Crippen LogP contribution in [-0.2, 0) is 14.8 Å². The van der Waals surface area contributed by atoms with Crippen molar-refractivity contribution in [2.24, 2.45) is 0 Å². The molecule has 0 atom stereocenters. The van der Waals surface area contributed by atoms with Gasteiger partial charge >= 0.3 is 0 Å². The van der Waals surface area contributed by atoms with Crippen LogP contribution in [0.4, 0.5) is 15.2 Å². The molecule has 1 fully saturated rings. The maximum absolute atomic E-state index is 13.7. The van der Waals surface area contributed by atoms with Crippen molar-refractivity contribution in [3.05, 3.63) is 59.2 Å². The van der Waals surface area contributed by atoms with Crippen molar-refractivity contribution in [2.45, 2.75) is 11.8 Å². The zero-order valence-electron chi connectivity index (χ0n) is 15.8. The quantitative estimate of drug-likeness (QED) is 0.658. The lowest BCUT2D eigenvalue weighted by Gasteiger charge is -2.26. The molecule has 152 valence electrons. The second-order valence-corrected chi connectivity index (χ2v) is 9.46. The van der Waals surface area contributed by atoms with Crippen molar-refractivity contribution in [1.82, 2.24) is 9.29 Å². The SMILES string of the molecule is Cc1ccc(Nc2nc(-c3ccc(S(=O)(=O)N4CCOCC4)cc3)cs2)cc1F. The van der Waals surface area contributed by atoms with Gasteiger partial charge in [0.25, 0.3) is 0 Å². The van der Waals surface area contributed by atoms with E-state index in [1.807, 2.05) is 5.38 Å². The van der Waals surface area contributed by atoms with Gasteiger partial charge in [-0.15, -0.1) is 11.3 Å². The lowest BCUT2D eigenvalue weighted by molar-refractivity contribution is 0.0730. The van der Waals surface area contributed by atoms with E-state index in [-0.39, 0.29) is 10.7 Å². The summed E-state index contributed by atoms with van der Waals surface area (Å²) in [4.78, 5) is 4.77. The Bertz CT molecular complexity index is 1110. The average Bonchev–Trinajstić information content (AvgIpc) is 3.20. The molecule has 2 heterocycles. The van der Waals surface area contributed by atoms with Gasteiger partial charge in [-0.25, -0.2) is 17.8 Å². The Balaban J connectivity index is 1.50. The first kappa shape index (κ1) is 20.0. The van der Waals surface area contributed by atoms with Gasteiger partial charge in [0.15, 0.2) is 5.13 Å². The van der Waals surface area contributed by atoms with E-state index < -0.39 is 10.0 Å². The van der Waals surface area contributed by atoms with Gasteiger partial charge < -0.3 is 10.1 Å². The Kier molecular flexibility index (Phi) is 5.64. The summed E-state index contributed by atoms with van der Waals surface area (Å²) in [5, 5.41) is 5.60. The normalized spacial score (nSPS) is 15.4. The molecule has 6 nitrogen and oxygen atoms in total. The van der Waals surface area contributed by atoms with Crippen LogP contribution in [-0.4, -0.2) is 44.0 Å². The highest BCUT2D eigenvalue weighted by Gasteiger charge is 2.26. The first-order chi connectivity index (χ1) is 13.9. The van der Waals surface area contributed by atoms with Crippen LogP contribution in [0.1, 0.15) is 5.56 Å². The monoisotopic (exact) mass is 433 g/mol. The van der Waals surface area contributed by atoms with E-state index in [0.717, 1.165) is 11.3 Å². The summed E-state index contributed by atoms with van der Waals surface area (Å²) in [5.74, 6) is -0.274. The number of benzene rings is 2. The van der Waals surface area contributed by atoms with Gasteiger partial charge in [0.2, 0.25) is 10.0 Å². The smallest absolute Gasteiger partial charge is 0.243 e. The van der Waals surface area contributed by atoms with Crippen LogP contribution in [0.15, 0.2) is 52.7 Å². The number of nitrogens with one attached hydrogen (secondary N) is 1. The number of hydrogen-bond donors (Lipinski definition) is 1. The molecule has 1 aliphatic heterocycles. The molecule has 0 aliphatic carbocycles. The number of hydrogen-bond acceptors (Lipinski definition) is 6. The summed E-state index contributed by atoms with van der Waals surface area (Å²) in [5.41, 5.74) is 2.74. The summed E-state index contributed by atoms with van der Waals surface area (Å²) in [6.45, 7) is 3.27. The van der Waals surface area contributed by atoms with Gasteiger partial charge in [0, 0.05) is 29.7 Å². The molecular formula is C20H20FN3O3S2. The van der Waals surface area contributed by atoms with Crippen LogP contribution in [0.25, 0.3) is 11.3 Å². The minimum Gasteiger partial charge on any atom is -0.379 e. The molecular weight excluding hydrogens is 413 g/mol. The summed E-state index contributed by atoms with van der Waals surface area (Å²) in [6.07, 6.45) is 0. The maximum atomic E-state index is 13.7. The molecule has 2 aromatic carbocycles. The molecule has 0 spiro atoms. The fourth-order valence-electron chi connectivity index (χ4n) is 2.99. The molecule has 9 heteroatoms. The number of aromatic nitrogens is 1. The van der Waals surface area contributed by atoms with Crippen LogP contribution < -0.4 is 5.32 Å². The largest absolute Gasteiger partial charge is 0.379 e. The molecule has 0 bridgehead atoms. The number of rotatable bonds is 5. The van der Waals surface area contributed by atoms with E-state index in [1.165, 1.54) is 21.7 Å². The molecule has 4 rings (SSSR count).